The number of rotatable bonds is 9. The fourth-order valence-corrected chi connectivity index (χ4v) is 4.64. The van der Waals surface area contributed by atoms with Gasteiger partial charge in [0.25, 0.3) is 15.9 Å². The van der Waals surface area contributed by atoms with E-state index in [9.17, 15) is 18.0 Å². The molecule has 0 aliphatic carbocycles. The molecule has 0 saturated carbocycles. The molecular formula is C25H27N3O5S. The molecule has 0 fully saturated rings. The maximum absolute atomic E-state index is 13.0. The van der Waals surface area contributed by atoms with Gasteiger partial charge in [-0.25, -0.2) is 8.42 Å². The molecule has 0 atom stereocenters. The van der Waals surface area contributed by atoms with Gasteiger partial charge in [-0.1, -0.05) is 24.3 Å². The van der Waals surface area contributed by atoms with Crippen molar-refractivity contribution in [1.82, 2.24) is 5.32 Å². The lowest BCUT2D eigenvalue weighted by Gasteiger charge is -2.14. The van der Waals surface area contributed by atoms with Crippen LogP contribution in [0.4, 0.5) is 11.4 Å². The summed E-state index contributed by atoms with van der Waals surface area (Å²) in [5.41, 5.74) is 2.17. The normalized spacial score (nSPS) is 10.9. The smallest absolute Gasteiger partial charge is 0.262 e. The fourth-order valence-electron chi connectivity index (χ4n) is 3.23. The van der Waals surface area contributed by atoms with Gasteiger partial charge in [-0.05, 0) is 74.4 Å². The van der Waals surface area contributed by atoms with Crippen LogP contribution in [0, 0.1) is 13.8 Å². The number of aryl methyl sites for hydroxylation is 2. The number of carbonyl (C=O) groups is 2. The Morgan fingerprint density at radius 3 is 2.35 bits per heavy atom. The zero-order valence-electron chi connectivity index (χ0n) is 19.2. The topological polar surface area (TPSA) is 114 Å². The minimum atomic E-state index is -3.92. The van der Waals surface area contributed by atoms with Gasteiger partial charge in [0.1, 0.15) is 5.75 Å². The van der Waals surface area contributed by atoms with Gasteiger partial charge in [0.2, 0.25) is 5.91 Å². The summed E-state index contributed by atoms with van der Waals surface area (Å²) < 4.78 is 33.8. The lowest BCUT2D eigenvalue weighted by atomic mass is 10.1. The number of para-hydroxylation sites is 1. The second-order valence-electron chi connectivity index (χ2n) is 7.61. The number of amides is 2. The van der Waals surface area contributed by atoms with Gasteiger partial charge in [-0.15, -0.1) is 0 Å². The number of carbonyl (C=O) groups excluding carboxylic acids is 2. The first kappa shape index (κ1) is 24.8. The summed E-state index contributed by atoms with van der Waals surface area (Å²) in [6.45, 7) is 5.64. The van der Waals surface area contributed by atoms with Crippen molar-refractivity contribution in [3.63, 3.8) is 0 Å². The largest absolute Gasteiger partial charge is 0.494 e. The van der Waals surface area contributed by atoms with E-state index in [0.717, 1.165) is 5.56 Å². The maximum Gasteiger partial charge on any atom is 0.262 e. The monoisotopic (exact) mass is 481 g/mol. The van der Waals surface area contributed by atoms with E-state index in [1.165, 1.54) is 12.1 Å². The van der Waals surface area contributed by atoms with Gasteiger partial charge in [0.05, 0.1) is 29.3 Å². The summed E-state index contributed by atoms with van der Waals surface area (Å²) in [6.07, 6.45) is 0. The molecule has 0 unspecified atom stereocenters. The van der Waals surface area contributed by atoms with Crippen LogP contribution in [0.5, 0.6) is 5.75 Å². The molecule has 3 aromatic rings. The number of ether oxygens (including phenoxy) is 1. The predicted octanol–water partition coefficient (Wildman–Crippen LogP) is 3.87. The summed E-state index contributed by atoms with van der Waals surface area (Å²) in [5.74, 6) is -0.319. The van der Waals surface area contributed by atoms with E-state index in [-0.39, 0.29) is 22.7 Å². The minimum absolute atomic E-state index is 0.102. The molecule has 9 heteroatoms. The minimum Gasteiger partial charge on any atom is -0.494 e. The highest BCUT2D eigenvalue weighted by Gasteiger charge is 2.20. The van der Waals surface area contributed by atoms with E-state index in [4.69, 9.17) is 4.74 Å². The van der Waals surface area contributed by atoms with Crippen LogP contribution in [0.2, 0.25) is 0 Å². The first-order valence-corrected chi connectivity index (χ1v) is 12.2. The Labute approximate surface area is 199 Å². The highest BCUT2D eigenvalue weighted by atomic mass is 32.2. The predicted molar refractivity (Wildman–Crippen MR) is 132 cm³/mol. The average Bonchev–Trinajstić information content (AvgIpc) is 2.80. The van der Waals surface area contributed by atoms with E-state index >= 15 is 0 Å². The molecule has 0 radical (unpaired) electrons. The van der Waals surface area contributed by atoms with Crippen molar-refractivity contribution in [2.75, 3.05) is 23.2 Å². The third-order valence-electron chi connectivity index (χ3n) is 4.91. The van der Waals surface area contributed by atoms with Gasteiger partial charge in [0, 0.05) is 5.69 Å². The van der Waals surface area contributed by atoms with Crippen LogP contribution >= 0.6 is 0 Å². The molecule has 3 N–H and O–H groups in total. The van der Waals surface area contributed by atoms with Crippen LogP contribution in [0.1, 0.15) is 28.4 Å². The number of sulfonamides is 1. The number of hydrogen-bond acceptors (Lipinski definition) is 5. The van der Waals surface area contributed by atoms with E-state index in [1.807, 2.05) is 13.0 Å². The van der Waals surface area contributed by atoms with Crippen molar-refractivity contribution in [2.45, 2.75) is 25.7 Å². The quantitative estimate of drug-likeness (QED) is 0.429. The molecule has 178 valence electrons. The molecule has 8 nitrogen and oxygen atoms in total. The van der Waals surface area contributed by atoms with E-state index < -0.39 is 21.8 Å². The highest BCUT2D eigenvalue weighted by Crippen LogP contribution is 2.23. The molecule has 0 aliphatic rings. The Balaban J connectivity index is 1.67. The van der Waals surface area contributed by atoms with Crippen molar-refractivity contribution in [3.05, 3.63) is 83.4 Å². The molecule has 3 rings (SSSR count). The lowest BCUT2D eigenvalue weighted by molar-refractivity contribution is -0.115. The number of anilines is 2. The summed E-state index contributed by atoms with van der Waals surface area (Å²) in [5, 5.41) is 5.21. The van der Waals surface area contributed by atoms with Gasteiger partial charge in [-0.2, -0.15) is 0 Å². The Morgan fingerprint density at radius 2 is 1.65 bits per heavy atom. The molecule has 34 heavy (non-hydrogen) atoms. The Hall–Kier alpha value is -3.85. The number of nitrogens with one attached hydrogen (secondary N) is 3. The third kappa shape index (κ3) is 6.35. The molecule has 3 aromatic carbocycles. The lowest BCUT2D eigenvalue weighted by Crippen LogP contribution is -2.33. The van der Waals surface area contributed by atoms with Gasteiger partial charge in [0.15, 0.2) is 0 Å². The summed E-state index contributed by atoms with van der Waals surface area (Å²) >= 11 is 0. The second-order valence-corrected chi connectivity index (χ2v) is 9.26. The van der Waals surface area contributed by atoms with Crippen LogP contribution in [0.3, 0.4) is 0 Å². The maximum atomic E-state index is 13.0. The van der Waals surface area contributed by atoms with Crippen molar-refractivity contribution >= 4 is 33.2 Å². The average molecular weight is 482 g/mol. The molecule has 0 saturated heterocycles. The summed E-state index contributed by atoms with van der Waals surface area (Å²) in [7, 11) is -3.92. The van der Waals surface area contributed by atoms with E-state index in [1.54, 1.807) is 62.4 Å². The first-order valence-electron chi connectivity index (χ1n) is 10.7. The van der Waals surface area contributed by atoms with Crippen LogP contribution in [0.15, 0.2) is 71.6 Å². The molecule has 0 aliphatic heterocycles. The first-order chi connectivity index (χ1) is 16.2. The van der Waals surface area contributed by atoms with Crippen LogP contribution < -0.4 is 20.1 Å². The van der Waals surface area contributed by atoms with Crippen molar-refractivity contribution in [2.24, 2.45) is 0 Å². The Morgan fingerprint density at radius 1 is 0.941 bits per heavy atom. The van der Waals surface area contributed by atoms with Gasteiger partial charge >= 0.3 is 0 Å². The molecule has 0 spiro atoms. The van der Waals surface area contributed by atoms with Crippen LogP contribution in [-0.4, -0.2) is 33.4 Å². The van der Waals surface area contributed by atoms with Crippen molar-refractivity contribution in [1.29, 1.82) is 0 Å². The third-order valence-corrected chi connectivity index (χ3v) is 6.42. The molecule has 0 heterocycles. The summed E-state index contributed by atoms with van der Waals surface area (Å²) in [6, 6.07) is 18.2. The number of benzene rings is 3. The molecular weight excluding hydrogens is 454 g/mol. The summed E-state index contributed by atoms with van der Waals surface area (Å²) in [4.78, 5) is 25.1. The Bertz CT molecular complexity index is 1290. The zero-order chi connectivity index (χ0) is 24.7. The Kier molecular flexibility index (Phi) is 7.91. The fraction of sp³-hybridized carbons (Fsp3) is 0.200. The van der Waals surface area contributed by atoms with Crippen LogP contribution in [-0.2, 0) is 14.8 Å². The SMILES string of the molecule is CCOc1ccc(NC(=O)CNC(=O)c2ccccc2NS(=O)(=O)c2cc(C)ccc2C)cc1. The van der Waals surface area contributed by atoms with Crippen LogP contribution in [0.25, 0.3) is 0 Å². The van der Waals surface area contributed by atoms with Gasteiger partial charge < -0.3 is 15.4 Å². The van der Waals surface area contributed by atoms with Crippen molar-refractivity contribution < 1.29 is 22.7 Å². The van der Waals surface area contributed by atoms with E-state index in [0.29, 0.717) is 23.6 Å². The van der Waals surface area contributed by atoms with Crippen molar-refractivity contribution in [3.8, 4) is 5.75 Å². The van der Waals surface area contributed by atoms with E-state index in [2.05, 4.69) is 15.4 Å². The zero-order valence-corrected chi connectivity index (χ0v) is 20.0. The standard InChI is InChI=1S/C25H27N3O5S/c1-4-33-20-13-11-19(12-14-20)27-24(29)16-26-25(30)21-7-5-6-8-22(21)28-34(31,32)23-15-17(2)9-10-18(23)3/h5-15,28H,4,16H2,1-3H3,(H,26,30)(H,27,29). The molecule has 2 amide bonds. The van der Waals surface area contributed by atoms with Gasteiger partial charge in [-0.3, -0.25) is 14.3 Å². The second kappa shape index (κ2) is 10.8. The number of hydrogen-bond donors (Lipinski definition) is 3. The highest BCUT2D eigenvalue weighted by molar-refractivity contribution is 7.92. The molecule has 0 aromatic heterocycles. The molecule has 0 bridgehead atoms.